The lowest BCUT2D eigenvalue weighted by molar-refractivity contribution is -0.121. The van der Waals surface area contributed by atoms with E-state index >= 15 is 0 Å². The summed E-state index contributed by atoms with van der Waals surface area (Å²) >= 11 is 0. The van der Waals surface area contributed by atoms with Crippen LogP contribution < -0.4 is 10.6 Å². The van der Waals surface area contributed by atoms with Crippen molar-refractivity contribution in [1.82, 2.24) is 10.6 Å². The average Bonchev–Trinajstić information content (AvgIpc) is 2.34. The van der Waals surface area contributed by atoms with Crippen LogP contribution in [0.25, 0.3) is 0 Å². The van der Waals surface area contributed by atoms with Gasteiger partial charge in [-0.1, -0.05) is 13.2 Å². The third kappa shape index (κ3) is 5.13. The molecule has 12 heteroatoms. The van der Waals surface area contributed by atoms with Gasteiger partial charge in [0.1, 0.15) is 5.75 Å². The third-order valence-electron chi connectivity index (χ3n) is 3.17. The van der Waals surface area contributed by atoms with E-state index in [4.69, 9.17) is 4.55 Å². The van der Waals surface area contributed by atoms with Crippen molar-refractivity contribution >= 4 is 32.1 Å². The molecule has 4 N–H and O–H groups in total. The second-order valence-electron chi connectivity index (χ2n) is 4.95. The lowest BCUT2D eigenvalue weighted by Gasteiger charge is -2.43. The van der Waals surface area contributed by atoms with Crippen molar-refractivity contribution in [2.45, 2.75) is 24.3 Å². The number of rotatable bonds is 8. The van der Waals surface area contributed by atoms with Crippen LogP contribution in [-0.2, 0) is 29.8 Å². The molecule has 0 aromatic carbocycles. The van der Waals surface area contributed by atoms with E-state index in [-0.39, 0.29) is 0 Å². The molecule has 0 fully saturated rings. The van der Waals surface area contributed by atoms with Gasteiger partial charge < -0.3 is 10.6 Å². The SMILES string of the molecule is C=CC(=O)NC(C)(CS(=O)(=O)O)C(C)(NC(=O)C=C)S(=O)(=O)O. The molecule has 0 saturated carbocycles. The molecule has 0 saturated heterocycles. The fourth-order valence-corrected chi connectivity index (χ4v) is 3.86. The maximum atomic E-state index is 11.8. The smallest absolute Gasteiger partial charge is 0.291 e. The largest absolute Gasteiger partial charge is 0.343 e. The Labute approximate surface area is 134 Å². The van der Waals surface area contributed by atoms with E-state index < -0.39 is 48.2 Å². The Bertz CT molecular complexity index is 727. The van der Waals surface area contributed by atoms with Crippen LogP contribution in [0.2, 0.25) is 0 Å². The van der Waals surface area contributed by atoms with E-state index in [0.717, 1.165) is 13.8 Å². The Hall–Kier alpha value is -1.76. The number of carbonyl (C=O) groups excluding carboxylic acids is 2. The van der Waals surface area contributed by atoms with Crippen LogP contribution in [0.4, 0.5) is 0 Å². The minimum Gasteiger partial charge on any atom is -0.343 e. The average molecular weight is 370 g/mol. The van der Waals surface area contributed by atoms with Crippen molar-refractivity contribution < 1.29 is 35.5 Å². The molecular weight excluding hydrogens is 352 g/mol. The fraction of sp³-hybridized carbons (Fsp3) is 0.455. The van der Waals surface area contributed by atoms with Gasteiger partial charge in [-0.25, -0.2) is 0 Å². The highest BCUT2D eigenvalue weighted by Gasteiger charge is 2.57. The molecule has 132 valence electrons. The highest BCUT2D eigenvalue weighted by molar-refractivity contribution is 7.87. The van der Waals surface area contributed by atoms with Gasteiger partial charge in [-0.2, -0.15) is 16.8 Å². The second kappa shape index (κ2) is 6.78. The molecule has 0 rings (SSSR count). The van der Waals surface area contributed by atoms with Gasteiger partial charge in [-0.15, -0.1) is 0 Å². The summed E-state index contributed by atoms with van der Waals surface area (Å²) in [4.78, 5) is 20.3. The molecule has 0 aliphatic carbocycles. The summed E-state index contributed by atoms with van der Waals surface area (Å²) in [7, 11) is -9.98. The first-order valence-electron chi connectivity index (χ1n) is 5.93. The fourth-order valence-electron chi connectivity index (χ4n) is 1.75. The minimum atomic E-state index is -5.16. The first kappa shape index (κ1) is 21.2. The molecule has 0 radical (unpaired) electrons. The Morgan fingerprint density at radius 1 is 1.00 bits per heavy atom. The van der Waals surface area contributed by atoms with Gasteiger partial charge in [0.05, 0.1) is 5.54 Å². The first-order valence-corrected chi connectivity index (χ1v) is 8.98. The summed E-state index contributed by atoms with van der Waals surface area (Å²) in [5.41, 5.74) is -2.35. The highest BCUT2D eigenvalue weighted by atomic mass is 32.2. The normalized spacial score (nSPS) is 17.2. The second-order valence-corrected chi connectivity index (χ2v) is 8.17. The molecular formula is C11H18N2O8S2. The predicted molar refractivity (Wildman–Crippen MR) is 81.5 cm³/mol. The van der Waals surface area contributed by atoms with Crippen LogP contribution in [0, 0.1) is 0 Å². The predicted octanol–water partition coefficient (Wildman–Crippen LogP) is -1.16. The van der Waals surface area contributed by atoms with Gasteiger partial charge in [-0.3, -0.25) is 18.7 Å². The zero-order valence-electron chi connectivity index (χ0n) is 12.4. The maximum absolute atomic E-state index is 11.8. The van der Waals surface area contributed by atoms with E-state index in [1.165, 1.54) is 0 Å². The van der Waals surface area contributed by atoms with E-state index in [9.17, 15) is 31.0 Å². The van der Waals surface area contributed by atoms with Crippen LogP contribution in [0.3, 0.4) is 0 Å². The van der Waals surface area contributed by atoms with Crippen LogP contribution in [0.5, 0.6) is 0 Å². The summed E-state index contributed by atoms with van der Waals surface area (Å²) in [5.74, 6) is -3.40. The quantitative estimate of drug-likeness (QED) is 0.306. The van der Waals surface area contributed by atoms with Gasteiger partial charge in [0.2, 0.25) is 11.8 Å². The molecule has 2 atom stereocenters. The van der Waals surface area contributed by atoms with E-state index in [1.54, 1.807) is 0 Å². The highest BCUT2D eigenvalue weighted by Crippen LogP contribution is 2.29. The van der Waals surface area contributed by atoms with Gasteiger partial charge in [0.15, 0.2) is 4.87 Å². The number of hydrogen-bond acceptors (Lipinski definition) is 6. The number of amides is 2. The van der Waals surface area contributed by atoms with Gasteiger partial charge in [-0.05, 0) is 26.0 Å². The molecule has 0 aromatic rings. The zero-order valence-corrected chi connectivity index (χ0v) is 14.1. The topological polar surface area (TPSA) is 167 Å². The van der Waals surface area contributed by atoms with Crippen molar-refractivity contribution in [3.05, 3.63) is 25.3 Å². The Morgan fingerprint density at radius 2 is 1.39 bits per heavy atom. The van der Waals surface area contributed by atoms with Crippen LogP contribution in [0.1, 0.15) is 13.8 Å². The Morgan fingerprint density at radius 3 is 1.70 bits per heavy atom. The molecule has 0 aromatic heterocycles. The molecule has 0 bridgehead atoms. The van der Waals surface area contributed by atoms with Crippen LogP contribution >= 0.6 is 0 Å². The number of carbonyl (C=O) groups is 2. The zero-order chi connectivity index (χ0) is 18.7. The molecule has 0 heterocycles. The van der Waals surface area contributed by atoms with Crippen LogP contribution in [-0.4, -0.2) is 53.9 Å². The van der Waals surface area contributed by atoms with Crippen molar-refractivity contribution in [2.75, 3.05) is 5.75 Å². The molecule has 2 amide bonds. The number of hydrogen-bond donors (Lipinski definition) is 4. The monoisotopic (exact) mass is 370 g/mol. The van der Waals surface area contributed by atoms with Gasteiger partial charge in [0.25, 0.3) is 20.2 Å². The van der Waals surface area contributed by atoms with Crippen molar-refractivity contribution in [3.63, 3.8) is 0 Å². The lowest BCUT2D eigenvalue weighted by Crippen LogP contribution is -2.73. The van der Waals surface area contributed by atoms with Gasteiger partial charge in [0, 0.05) is 0 Å². The minimum absolute atomic E-state index is 0.673. The third-order valence-corrected chi connectivity index (χ3v) is 5.70. The number of nitrogens with one attached hydrogen (secondary N) is 2. The van der Waals surface area contributed by atoms with Crippen molar-refractivity contribution in [1.29, 1.82) is 0 Å². The lowest BCUT2D eigenvalue weighted by atomic mass is 9.94. The molecule has 23 heavy (non-hydrogen) atoms. The summed E-state index contributed by atoms with van der Waals surface area (Å²) < 4.78 is 64.5. The molecule has 0 aliphatic rings. The summed E-state index contributed by atoms with van der Waals surface area (Å²) in [6.07, 6.45) is 1.38. The maximum Gasteiger partial charge on any atom is 0.291 e. The van der Waals surface area contributed by atoms with Gasteiger partial charge >= 0.3 is 0 Å². The Kier molecular flexibility index (Phi) is 6.26. The Balaban J connectivity index is 6.42. The summed E-state index contributed by atoms with van der Waals surface area (Å²) in [6.45, 7) is 7.89. The summed E-state index contributed by atoms with van der Waals surface area (Å²) in [5, 5.41) is 3.85. The van der Waals surface area contributed by atoms with E-state index in [1.807, 2.05) is 10.6 Å². The molecule has 0 aliphatic heterocycles. The van der Waals surface area contributed by atoms with E-state index in [0.29, 0.717) is 12.2 Å². The molecule has 2 unspecified atom stereocenters. The van der Waals surface area contributed by atoms with Crippen LogP contribution in [0.15, 0.2) is 25.3 Å². The molecule has 0 spiro atoms. The molecule has 10 nitrogen and oxygen atoms in total. The standard InChI is InChI=1S/C11H18N2O8S2/c1-5-8(14)12-10(3,7-22(16,17)18)11(4,23(19,20)21)13-9(15)6-2/h5-6H,1-2,7H2,3-4H3,(H,12,14)(H,13,15)(H,16,17,18)(H,19,20,21). The summed E-state index contributed by atoms with van der Waals surface area (Å²) in [6, 6.07) is 0. The van der Waals surface area contributed by atoms with Crippen molar-refractivity contribution in [2.24, 2.45) is 0 Å². The van der Waals surface area contributed by atoms with E-state index in [2.05, 4.69) is 13.2 Å². The van der Waals surface area contributed by atoms with Crippen molar-refractivity contribution in [3.8, 4) is 0 Å². The first-order chi connectivity index (χ1) is 10.1.